The lowest BCUT2D eigenvalue weighted by molar-refractivity contribution is -0.120. The Balaban J connectivity index is 1.68. The van der Waals surface area contributed by atoms with Gasteiger partial charge in [0.2, 0.25) is 0 Å². The van der Waals surface area contributed by atoms with Crippen molar-refractivity contribution < 1.29 is 4.79 Å². The summed E-state index contributed by atoms with van der Waals surface area (Å²) in [6, 6.07) is 0. The summed E-state index contributed by atoms with van der Waals surface area (Å²) in [6.45, 7) is 4.87. The number of allylic oxidation sites excluding steroid dienone is 4. The molecular formula is C20H28OS. The van der Waals surface area contributed by atoms with Gasteiger partial charge in [0.05, 0.1) is 0 Å². The van der Waals surface area contributed by atoms with E-state index in [-0.39, 0.29) is 16.4 Å². The van der Waals surface area contributed by atoms with Crippen LogP contribution < -0.4 is 0 Å². The maximum atomic E-state index is 12.0. The van der Waals surface area contributed by atoms with Gasteiger partial charge in [-0.2, -0.15) is 0 Å². The van der Waals surface area contributed by atoms with Crippen LogP contribution in [-0.4, -0.2) is 5.12 Å². The smallest absolute Gasteiger partial charge is 0.189 e. The minimum atomic E-state index is 0.142. The molecule has 4 rings (SSSR count). The predicted octanol–water partition coefficient (Wildman–Crippen LogP) is 5.19. The maximum Gasteiger partial charge on any atom is 0.189 e. The first-order valence-corrected chi connectivity index (χ1v) is 9.51. The molecule has 2 heteroatoms. The first-order chi connectivity index (χ1) is 10.5. The standard InChI is InChI=1S/C20H28OS/c1-19-11-4-3-5-13(19)6-7-14-15-8-9-17(18(21)22)20(15,2)12-10-16(14)19/h4-5,11,14-17H,3,6-10,12H2,1-2H3,(H,21,22)/t14-,15-,16-,17?,19-,20-/m0/s1. The van der Waals surface area contributed by atoms with Crippen molar-refractivity contribution in [1.29, 1.82) is 0 Å². The lowest BCUT2D eigenvalue weighted by atomic mass is 9.48. The van der Waals surface area contributed by atoms with Crippen LogP contribution >= 0.6 is 12.6 Å². The minimum Gasteiger partial charge on any atom is -0.287 e. The number of thiol groups is 1. The zero-order valence-electron chi connectivity index (χ0n) is 13.8. The Hall–Kier alpha value is -0.500. The molecule has 3 saturated carbocycles. The molecule has 4 aliphatic carbocycles. The summed E-state index contributed by atoms with van der Waals surface area (Å²) in [5.74, 6) is 2.53. The summed E-state index contributed by atoms with van der Waals surface area (Å²) < 4.78 is 0. The number of hydrogen-bond donors (Lipinski definition) is 1. The quantitative estimate of drug-likeness (QED) is 0.520. The Bertz CT molecular complexity index is 562. The third-order valence-corrected chi connectivity index (χ3v) is 8.22. The molecule has 0 spiro atoms. The van der Waals surface area contributed by atoms with E-state index in [4.69, 9.17) is 0 Å². The average molecular weight is 317 g/mol. The van der Waals surface area contributed by atoms with Crippen LogP contribution in [0.5, 0.6) is 0 Å². The van der Waals surface area contributed by atoms with Gasteiger partial charge in [-0.15, -0.1) is 12.6 Å². The van der Waals surface area contributed by atoms with E-state index in [1.165, 1.54) is 32.1 Å². The van der Waals surface area contributed by atoms with Gasteiger partial charge in [-0.3, -0.25) is 4.79 Å². The monoisotopic (exact) mass is 316 g/mol. The molecule has 0 aliphatic heterocycles. The molecule has 0 amide bonds. The highest BCUT2D eigenvalue weighted by molar-refractivity contribution is 7.96. The fraction of sp³-hybridized carbons (Fsp3) is 0.750. The zero-order valence-corrected chi connectivity index (χ0v) is 14.7. The number of carbonyl (C=O) groups is 1. The van der Waals surface area contributed by atoms with Gasteiger partial charge in [-0.25, -0.2) is 0 Å². The summed E-state index contributed by atoms with van der Waals surface area (Å²) in [6.07, 6.45) is 15.9. The number of hydrogen-bond acceptors (Lipinski definition) is 1. The molecule has 0 N–H and O–H groups in total. The van der Waals surface area contributed by atoms with Gasteiger partial charge in [0.15, 0.2) is 5.12 Å². The molecule has 22 heavy (non-hydrogen) atoms. The van der Waals surface area contributed by atoms with Crippen molar-refractivity contribution in [3.05, 3.63) is 23.8 Å². The molecule has 0 bridgehead atoms. The predicted molar refractivity (Wildman–Crippen MR) is 93.7 cm³/mol. The molecule has 0 radical (unpaired) electrons. The van der Waals surface area contributed by atoms with Crippen molar-refractivity contribution in [3.63, 3.8) is 0 Å². The van der Waals surface area contributed by atoms with Crippen LogP contribution in [0.3, 0.4) is 0 Å². The second-order valence-corrected chi connectivity index (χ2v) is 9.02. The first kappa shape index (κ1) is 15.1. The van der Waals surface area contributed by atoms with E-state index in [1.54, 1.807) is 5.57 Å². The molecule has 0 aromatic heterocycles. The highest BCUT2D eigenvalue weighted by Crippen LogP contribution is 2.66. The topological polar surface area (TPSA) is 17.1 Å². The van der Waals surface area contributed by atoms with Gasteiger partial charge in [0.25, 0.3) is 0 Å². The molecule has 0 saturated heterocycles. The van der Waals surface area contributed by atoms with Crippen molar-refractivity contribution in [3.8, 4) is 0 Å². The second kappa shape index (κ2) is 5.00. The molecule has 1 nitrogen and oxygen atoms in total. The van der Waals surface area contributed by atoms with Gasteiger partial charge >= 0.3 is 0 Å². The van der Waals surface area contributed by atoms with E-state index in [0.29, 0.717) is 5.41 Å². The highest BCUT2D eigenvalue weighted by Gasteiger charge is 2.59. The van der Waals surface area contributed by atoms with Crippen molar-refractivity contribution in [2.75, 3.05) is 0 Å². The Morgan fingerprint density at radius 1 is 1.18 bits per heavy atom. The highest BCUT2D eigenvalue weighted by atomic mass is 32.1. The van der Waals surface area contributed by atoms with Crippen LogP contribution in [0.1, 0.15) is 58.8 Å². The largest absolute Gasteiger partial charge is 0.287 e. The number of carbonyl (C=O) groups excluding carboxylic acids is 1. The van der Waals surface area contributed by atoms with Gasteiger partial charge in [-0.05, 0) is 68.1 Å². The van der Waals surface area contributed by atoms with Crippen LogP contribution in [0.2, 0.25) is 0 Å². The van der Waals surface area contributed by atoms with E-state index >= 15 is 0 Å². The summed E-state index contributed by atoms with van der Waals surface area (Å²) in [4.78, 5) is 12.0. The summed E-state index contributed by atoms with van der Waals surface area (Å²) in [7, 11) is 0. The Kier molecular flexibility index (Phi) is 3.42. The van der Waals surface area contributed by atoms with Crippen LogP contribution in [0.15, 0.2) is 23.8 Å². The molecule has 0 aromatic rings. The van der Waals surface area contributed by atoms with E-state index in [2.05, 4.69) is 44.7 Å². The summed E-state index contributed by atoms with van der Waals surface area (Å²) >= 11 is 4.21. The van der Waals surface area contributed by atoms with Crippen molar-refractivity contribution >= 4 is 17.7 Å². The number of fused-ring (bicyclic) bond motifs is 5. The van der Waals surface area contributed by atoms with Crippen LogP contribution in [0.4, 0.5) is 0 Å². The van der Waals surface area contributed by atoms with Crippen molar-refractivity contribution in [1.82, 2.24) is 0 Å². The lowest BCUT2D eigenvalue weighted by Gasteiger charge is -2.57. The van der Waals surface area contributed by atoms with E-state index < -0.39 is 0 Å². The fourth-order valence-corrected chi connectivity index (χ4v) is 7.17. The average Bonchev–Trinajstić information content (AvgIpc) is 2.84. The lowest BCUT2D eigenvalue weighted by Crippen LogP contribution is -2.49. The number of rotatable bonds is 1. The van der Waals surface area contributed by atoms with Gasteiger partial charge < -0.3 is 0 Å². The van der Waals surface area contributed by atoms with Crippen LogP contribution in [-0.2, 0) is 4.79 Å². The Labute approximate surface area is 140 Å². The molecule has 120 valence electrons. The zero-order chi connectivity index (χ0) is 15.5. The van der Waals surface area contributed by atoms with E-state index in [0.717, 1.165) is 30.6 Å². The van der Waals surface area contributed by atoms with Crippen LogP contribution in [0, 0.1) is 34.5 Å². The van der Waals surface area contributed by atoms with Gasteiger partial charge in [0, 0.05) is 11.3 Å². The van der Waals surface area contributed by atoms with Gasteiger partial charge in [0.1, 0.15) is 0 Å². The molecular weight excluding hydrogens is 288 g/mol. The minimum absolute atomic E-state index is 0.142. The SMILES string of the molecule is C[C@]12C=CCC=C1CC[C@@H]1[C@@H]2CC[C@]2(C)C(C(=O)S)CC[C@@H]12. The maximum absolute atomic E-state index is 12.0. The molecule has 0 heterocycles. The molecule has 0 aromatic carbocycles. The second-order valence-electron chi connectivity index (χ2n) is 8.58. The molecule has 3 fully saturated rings. The Morgan fingerprint density at radius 3 is 2.77 bits per heavy atom. The molecule has 1 unspecified atom stereocenters. The summed E-state index contributed by atoms with van der Waals surface area (Å²) in [5.41, 5.74) is 2.21. The normalized spacial score (nSPS) is 49.9. The molecule has 4 aliphatic rings. The third-order valence-electron chi connectivity index (χ3n) is 7.91. The van der Waals surface area contributed by atoms with Crippen LogP contribution in [0.25, 0.3) is 0 Å². The van der Waals surface area contributed by atoms with Crippen molar-refractivity contribution in [2.45, 2.75) is 58.8 Å². The summed E-state index contributed by atoms with van der Waals surface area (Å²) in [5, 5.41) is 0.142. The van der Waals surface area contributed by atoms with Crippen molar-refractivity contribution in [2.24, 2.45) is 34.5 Å². The van der Waals surface area contributed by atoms with Gasteiger partial charge in [-0.1, -0.05) is 37.6 Å². The molecule has 6 atom stereocenters. The fourth-order valence-electron chi connectivity index (χ4n) is 6.75. The first-order valence-electron chi connectivity index (χ1n) is 9.07. The third kappa shape index (κ3) is 1.89. The Morgan fingerprint density at radius 2 is 2.00 bits per heavy atom. The van der Waals surface area contributed by atoms with E-state index in [1.807, 2.05) is 0 Å². The van der Waals surface area contributed by atoms with E-state index in [9.17, 15) is 4.79 Å².